The summed E-state index contributed by atoms with van der Waals surface area (Å²) in [7, 11) is 0. The minimum Gasteiger partial charge on any atom is -0.374 e. The molecule has 0 atom stereocenters. The molecule has 8 aromatic carbocycles. The van der Waals surface area contributed by atoms with Gasteiger partial charge in [-0.25, -0.2) is 0 Å². The first-order chi connectivity index (χ1) is 29.9. The minimum absolute atomic E-state index is 0.0152. The molecular formula is C58H49BN2S. The maximum Gasteiger partial charge on any atom is 0.343 e. The predicted octanol–water partition coefficient (Wildman–Crippen LogP) is 15.0. The van der Waals surface area contributed by atoms with Crippen LogP contribution in [0.1, 0.15) is 78.0 Å². The molecule has 300 valence electrons. The summed E-state index contributed by atoms with van der Waals surface area (Å²) < 4.78 is 5.58. The van der Waals surface area contributed by atoms with Crippen molar-refractivity contribution in [2.75, 3.05) is 4.90 Å². The second-order valence-corrected chi connectivity index (χ2v) is 21.8. The molecule has 3 aliphatic rings. The van der Waals surface area contributed by atoms with Crippen LogP contribution in [0.3, 0.4) is 0 Å². The lowest BCUT2D eigenvalue weighted by Gasteiger charge is -2.42. The van der Waals surface area contributed by atoms with E-state index >= 15 is 0 Å². The quantitative estimate of drug-likeness (QED) is 0.158. The largest absolute Gasteiger partial charge is 0.374 e. The van der Waals surface area contributed by atoms with E-state index in [9.17, 15) is 0 Å². The maximum absolute atomic E-state index is 2.78. The SMILES string of the molecule is CC(C)(C)c1ccc(N2c3c4c(cc5ccccc35)-c3cccc5c6ccc7ccccc7c6n(c35)B4c3sc4cc5c(cc4c32)C(C)(C)CCC5(C)C)c(-c2ccccc2)c1. The molecule has 0 spiro atoms. The molecule has 4 heteroatoms. The zero-order valence-electron chi connectivity index (χ0n) is 36.7. The predicted molar refractivity (Wildman–Crippen MR) is 270 cm³/mol. The Labute approximate surface area is 368 Å². The van der Waals surface area contributed by atoms with E-state index in [1.54, 1.807) is 0 Å². The molecular weight excluding hydrogens is 768 g/mol. The fourth-order valence-electron chi connectivity index (χ4n) is 11.8. The Kier molecular flexibility index (Phi) is 7.25. The Hall–Kier alpha value is -6.10. The highest BCUT2D eigenvalue weighted by Gasteiger charge is 2.47. The van der Waals surface area contributed by atoms with Gasteiger partial charge in [0, 0.05) is 58.6 Å². The number of benzene rings is 8. The normalized spacial score (nSPS) is 16.0. The van der Waals surface area contributed by atoms with Gasteiger partial charge in [-0.15, -0.1) is 11.3 Å². The molecule has 2 nitrogen and oxygen atoms in total. The lowest BCUT2D eigenvalue weighted by molar-refractivity contribution is 0.332. The summed E-state index contributed by atoms with van der Waals surface area (Å²) in [5, 5.41) is 9.17. The minimum atomic E-state index is -0.0268. The molecule has 10 aromatic rings. The third kappa shape index (κ3) is 4.82. The van der Waals surface area contributed by atoms with Crippen LogP contribution in [-0.2, 0) is 16.2 Å². The monoisotopic (exact) mass is 816 g/mol. The van der Waals surface area contributed by atoms with Gasteiger partial charge in [-0.05, 0) is 103 Å². The van der Waals surface area contributed by atoms with Crippen LogP contribution in [0.4, 0.5) is 17.1 Å². The summed E-state index contributed by atoms with van der Waals surface area (Å²) in [5.74, 6) is 0. The topological polar surface area (TPSA) is 8.17 Å². The fourth-order valence-corrected chi connectivity index (χ4v) is 13.1. The molecule has 0 saturated heterocycles. The fraction of sp³-hybridized carbons (Fsp3) is 0.207. The zero-order valence-corrected chi connectivity index (χ0v) is 37.5. The average molecular weight is 817 g/mol. The molecule has 0 N–H and O–H groups in total. The molecule has 13 rings (SSSR count). The lowest BCUT2D eigenvalue weighted by atomic mass is 9.48. The highest BCUT2D eigenvalue weighted by Crippen LogP contribution is 2.55. The van der Waals surface area contributed by atoms with Crippen LogP contribution in [-0.4, -0.2) is 11.3 Å². The zero-order chi connectivity index (χ0) is 42.0. The molecule has 2 aliphatic heterocycles. The lowest BCUT2D eigenvalue weighted by Crippen LogP contribution is -2.55. The van der Waals surface area contributed by atoms with Gasteiger partial charge in [0.05, 0.1) is 17.1 Å². The molecule has 2 aromatic heterocycles. The van der Waals surface area contributed by atoms with E-state index in [1.807, 2.05) is 11.3 Å². The summed E-state index contributed by atoms with van der Waals surface area (Å²) in [6, 6.07) is 56.2. The molecule has 1 aliphatic carbocycles. The van der Waals surface area contributed by atoms with E-state index in [0.717, 1.165) is 0 Å². The van der Waals surface area contributed by atoms with Gasteiger partial charge in [0.2, 0.25) is 0 Å². The van der Waals surface area contributed by atoms with Crippen molar-refractivity contribution in [3.05, 3.63) is 162 Å². The van der Waals surface area contributed by atoms with Crippen LogP contribution in [0.5, 0.6) is 0 Å². The summed E-state index contributed by atoms with van der Waals surface area (Å²) in [4.78, 5) is 2.74. The first-order valence-corrected chi connectivity index (χ1v) is 23.3. The van der Waals surface area contributed by atoms with Crippen LogP contribution in [0, 0.1) is 0 Å². The van der Waals surface area contributed by atoms with E-state index in [4.69, 9.17) is 0 Å². The van der Waals surface area contributed by atoms with Crippen molar-refractivity contribution in [1.82, 2.24) is 4.48 Å². The Balaban J connectivity index is 1.26. The number of hydrogen-bond acceptors (Lipinski definition) is 2. The first-order valence-electron chi connectivity index (χ1n) is 22.5. The highest BCUT2D eigenvalue weighted by molar-refractivity contribution is 7.32. The third-order valence-electron chi connectivity index (χ3n) is 15.1. The summed E-state index contributed by atoms with van der Waals surface area (Å²) >= 11 is 2.04. The molecule has 0 unspecified atom stereocenters. The van der Waals surface area contributed by atoms with Gasteiger partial charge in [0.25, 0.3) is 0 Å². The van der Waals surface area contributed by atoms with Crippen LogP contribution in [0.15, 0.2) is 146 Å². The second kappa shape index (κ2) is 12.3. The van der Waals surface area contributed by atoms with Gasteiger partial charge in [-0.1, -0.05) is 164 Å². The van der Waals surface area contributed by atoms with E-state index in [-0.39, 0.29) is 23.1 Å². The first kappa shape index (κ1) is 36.5. The summed E-state index contributed by atoms with van der Waals surface area (Å²) in [5.41, 5.74) is 17.6. The van der Waals surface area contributed by atoms with Crippen molar-refractivity contribution in [3.63, 3.8) is 0 Å². The molecule has 0 radical (unpaired) electrons. The van der Waals surface area contributed by atoms with Gasteiger partial charge < -0.3 is 9.38 Å². The van der Waals surface area contributed by atoms with E-state index < -0.39 is 0 Å². The van der Waals surface area contributed by atoms with Crippen molar-refractivity contribution < 1.29 is 0 Å². The van der Waals surface area contributed by atoms with Gasteiger partial charge >= 0.3 is 6.85 Å². The Bertz CT molecular complexity index is 3580. The number of thiophene rings is 1. The average Bonchev–Trinajstić information content (AvgIpc) is 3.82. The van der Waals surface area contributed by atoms with Gasteiger partial charge in [-0.2, -0.15) is 0 Å². The number of fused-ring (bicyclic) bond motifs is 14. The number of rotatable bonds is 2. The Morgan fingerprint density at radius 2 is 1.21 bits per heavy atom. The molecule has 0 fully saturated rings. The summed E-state index contributed by atoms with van der Waals surface area (Å²) in [6.45, 7) is 16.9. The van der Waals surface area contributed by atoms with Crippen LogP contribution in [0.25, 0.3) is 75.7 Å². The van der Waals surface area contributed by atoms with Crippen LogP contribution < -0.4 is 15.1 Å². The van der Waals surface area contributed by atoms with Crippen LogP contribution in [0.2, 0.25) is 0 Å². The number of hydrogen-bond donors (Lipinski definition) is 0. The standard InChI is InChI=1S/C58H49BN2S/c1-56(2,3)37-25-27-48(43(31-37)34-16-9-8-10-17-34)60-53-39-21-14-12-19-36(39)30-44-41-23-15-22-40-42-26-24-35-18-11-13-20-38(35)51(42)61(52(40)41)59(50(44)53)55-54(60)45-32-46-47(33-49(45)62-55)58(6,7)29-28-57(46,4)5/h8-27,30-33H,28-29H2,1-7H3. The molecule has 0 saturated carbocycles. The van der Waals surface area contributed by atoms with Crippen molar-refractivity contribution in [1.29, 1.82) is 0 Å². The van der Waals surface area contributed by atoms with Crippen molar-refractivity contribution in [2.45, 2.75) is 77.6 Å². The molecule has 4 heterocycles. The van der Waals surface area contributed by atoms with Gasteiger partial charge in [0.15, 0.2) is 0 Å². The number of nitrogens with zero attached hydrogens (tertiary/aromatic N) is 2. The third-order valence-corrected chi connectivity index (χ3v) is 16.3. The van der Waals surface area contributed by atoms with Gasteiger partial charge in [-0.3, -0.25) is 0 Å². The Morgan fingerprint density at radius 3 is 1.98 bits per heavy atom. The smallest absolute Gasteiger partial charge is 0.343 e. The Morgan fingerprint density at radius 1 is 0.532 bits per heavy atom. The van der Waals surface area contributed by atoms with Crippen molar-refractivity contribution in [3.8, 4) is 22.3 Å². The van der Waals surface area contributed by atoms with E-state index in [2.05, 4.69) is 203 Å². The number of aromatic nitrogens is 1. The maximum atomic E-state index is 2.78. The molecule has 0 bridgehead atoms. The highest BCUT2D eigenvalue weighted by atomic mass is 32.1. The van der Waals surface area contributed by atoms with Crippen molar-refractivity contribution in [2.24, 2.45) is 0 Å². The number of anilines is 3. The van der Waals surface area contributed by atoms with Crippen LogP contribution >= 0.6 is 11.3 Å². The number of para-hydroxylation sites is 1. The summed E-state index contributed by atoms with van der Waals surface area (Å²) in [6.07, 6.45) is 2.37. The van der Waals surface area contributed by atoms with Gasteiger partial charge in [0.1, 0.15) is 0 Å². The van der Waals surface area contributed by atoms with E-state index in [1.165, 1.54) is 133 Å². The van der Waals surface area contributed by atoms with Crippen molar-refractivity contribution >= 4 is 98.9 Å². The molecule has 0 amide bonds. The van der Waals surface area contributed by atoms with E-state index in [0.29, 0.717) is 0 Å². The second-order valence-electron chi connectivity index (χ2n) is 20.7. The molecule has 62 heavy (non-hydrogen) atoms.